The van der Waals surface area contributed by atoms with Crippen LogP contribution in [0.4, 0.5) is 5.69 Å². The van der Waals surface area contributed by atoms with Crippen LogP contribution in [0.15, 0.2) is 24.3 Å². The Hall–Kier alpha value is -2.68. The van der Waals surface area contributed by atoms with Gasteiger partial charge in [0.1, 0.15) is 6.07 Å². The summed E-state index contributed by atoms with van der Waals surface area (Å²) in [7, 11) is 0. The van der Waals surface area contributed by atoms with Gasteiger partial charge in [0.15, 0.2) is 0 Å². The zero-order valence-electron chi connectivity index (χ0n) is 11.6. The lowest BCUT2D eigenvalue weighted by Crippen LogP contribution is -2.33. The number of benzene rings is 1. The molecule has 0 radical (unpaired) electrons. The van der Waals surface area contributed by atoms with E-state index in [0.29, 0.717) is 11.3 Å². The molecule has 1 unspecified atom stereocenters. The Morgan fingerprint density at radius 2 is 2.14 bits per heavy atom. The van der Waals surface area contributed by atoms with E-state index in [9.17, 15) is 14.4 Å². The fraction of sp³-hybridized carbons (Fsp3) is 0.333. The van der Waals surface area contributed by atoms with Crippen LogP contribution >= 0.6 is 0 Å². The highest BCUT2D eigenvalue weighted by Crippen LogP contribution is 2.19. The lowest BCUT2D eigenvalue weighted by Gasteiger charge is -2.14. The van der Waals surface area contributed by atoms with Crippen LogP contribution in [0.25, 0.3) is 0 Å². The zero-order chi connectivity index (χ0) is 15.4. The van der Waals surface area contributed by atoms with Gasteiger partial charge in [-0.05, 0) is 12.1 Å². The third kappa shape index (κ3) is 3.26. The van der Waals surface area contributed by atoms with Gasteiger partial charge in [0.05, 0.1) is 11.3 Å². The smallest absolute Gasteiger partial charge is 0.232 e. The third-order valence-electron chi connectivity index (χ3n) is 3.35. The summed E-state index contributed by atoms with van der Waals surface area (Å²) in [5, 5.41) is 11.5. The number of hydrogen-bond donors (Lipinski definition) is 1. The molecule has 1 aromatic carbocycles. The molecule has 0 bridgehead atoms. The predicted octanol–water partition coefficient (Wildman–Crippen LogP) is 1.28. The van der Waals surface area contributed by atoms with Crippen molar-refractivity contribution >= 4 is 23.4 Å². The van der Waals surface area contributed by atoms with Crippen LogP contribution in [0.1, 0.15) is 25.3 Å². The van der Waals surface area contributed by atoms with Gasteiger partial charge in [-0.1, -0.05) is 19.1 Å². The van der Waals surface area contributed by atoms with Crippen molar-refractivity contribution in [2.24, 2.45) is 5.92 Å². The van der Waals surface area contributed by atoms with Crippen LogP contribution in [-0.2, 0) is 14.4 Å². The monoisotopic (exact) mass is 285 g/mol. The van der Waals surface area contributed by atoms with Gasteiger partial charge < -0.3 is 5.32 Å². The summed E-state index contributed by atoms with van der Waals surface area (Å²) < 4.78 is 0. The second-order valence-electron chi connectivity index (χ2n) is 4.94. The lowest BCUT2D eigenvalue weighted by atomic mass is 10.1. The Morgan fingerprint density at radius 1 is 1.43 bits per heavy atom. The largest absolute Gasteiger partial charge is 0.325 e. The normalized spacial score (nSPS) is 17.7. The number of nitriles is 1. The average Bonchev–Trinajstić information content (AvgIpc) is 2.71. The van der Waals surface area contributed by atoms with Gasteiger partial charge >= 0.3 is 0 Å². The summed E-state index contributed by atoms with van der Waals surface area (Å²) in [5.41, 5.74) is 0.797. The van der Waals surface area contributed by atoms with Crippen molar-refractivity contribution in [1.82, 2.24) is 4.90 Å². The zero-order valence-corrected chi connectivity index (χ0v) is 11.6. The summed E-state index contributed by atoms with van der Waals surface area (Å²) in [4.78, 5) is 36.3. The lowest BCUT2D eigenvalue weighted by molar-refractivity contribution is -0.139. The van der Waals surface area contributed by atoms with Crippen molar-refractivity contribution in [3.8, 4) is 6.07 Å². The second-order valence-corrected chi connectivity index (χ2v) is 4.94. The van der Waals surface area contributed by atoms with Crippen LogP contribution in [0.3, 0.4) is 0 Å². The van der Waals surface area contributed by atoms with Gasteiger partial charge in [-0.2, -0.15) is 5.26 Å². The van der Waals surface area contributed by atoms with Crippen LogP contribution in [0, 0.1) is 17.2 Å². The van der Waals surface area contributed by atoms with Crippen molar-refractivity contribution in [2.75, 3.05) is 11.9 Å². The molecule has 1 aliphatic heterocycles. The minimum atomic E-state index is -0.335. The van der Waals surface area contributed by atoms with E-state index in [1.165, 1.54) is 0 Å². The number of rotatable bonds is 4. The number of amides is 3. The number of hydrogen-bond acceptors (Lipinski definition) is 4. The van der Waals surface area contributed by atoms with E-state index in [0.717, 1.165) is 4.90 Å². The molecule has 1 saturated heterocycles. The maximum atomic E-state index is 11.9. The Morgan fingerprint density at radius 3 is 2.76 bits per heavy atom. The molecule has 108 valence electrons. The fourth-order valence-electron chi connectivity index (χ4n) is 2.20. The SMILES string of the molecule is CC1CC(=O)N(CCC(=O)Nc2ccccc2C#N)C1=O. The summed E-state index contributed by atoms with van der Waals surface area (Å²) in [5.74, 6) is -1.11. The maximum Gasteiger partial charge on any atom is 0.232 e. The minimum absolute atomic E-state index is 0.0178. The number of carbonyl (C=O) groups excluding carboxylic acids is 3. The van der Waals surface area contributed by atoms with Gasteiger partial charge in [-0.15, -0.1) is 0 Å². The number of anilines is 1. The van der Waals surface area contributed by atoms with Gasteiger partial charge in [0.2, 0.25) is 17.7 Å². The predicted molar refractivity (Wildman–Crippen MR) is 74.9 cm³/mol. The first kappa shape index (κ1) is 14.7. The van der Waals surface area contributed by atoms with E-state index in [1.54, 1.807) is 31.2 Å². The number of nitrogens with zero attached hydrogens (tertiary/aromatic N) is 2. The summed E-state index contributed by atoms with van der Waals surface area (Å²) >= 11 is 0. The molecule has 6 heteroatoms. The molecule has 6 nitrogen and oxygen atoms in total. The average molecular weight is 285 g/mol. The first-order valence-corrected chi connectivity index (χ1v) is 6.66. The fourth-order valence-corrected chi connectivity index (χ4v) is 2.20. The molecule has 1 heterocycles. The molecule has 1 aromatic rings. The summed E-state index contributed by atoms with van der Waals surface area (Å²) in [6.07, 6.45) is 0.224. The molecule has 1 fully saturated rings. The molecule has 1 aliphatic rings. The molecule has 21 heavy (non-hydrogen) atoms. The molecule has 0 spiro atoms. The van der Waals surface area contributed by atoms with Gasteiger partial charge in [0, 0.05) is 25.3 Å². The highest BCUT2D eigenvalue weighted by Gasteiger charge is 2.35. The molecule has 0 aliphatic carbocycles. The van der Waals surface area contributed by atoms with Gasteiger partial charge in [-0.3, -0.25) is 19.3 Å². The highest BCUT2D eigenvalue weighted by molar-refractivity contribution is 6.03. The molecule has 0 saturated carbocycles. The van der Waals surface area contributed by atoms with Crippen LogP contribution < -0.4 is 5.32 Å². The van der Waals surface area contributed by atoms with Crippen molar-refractivity contribution in [1.29, 1.82) is 5.26 Å². The first-order chi connectivity index (χ1) is 10.0. The van der Waals surface area contributed by atoms with Gasteiger partial charge in [0.25, 0.3) is 0 Å². The Labute approximate surface area is 122 Å². The quantitative estimate of drug-likeness (QED) is 0.844. The molecule has 1 atom stereocenters. The van der Waals surface area contributed by atoms with Crippen LogP contribution in [-0.4, -0.2) is 29.2 Å². The number of likely N-dealkylation sites (tertiary alicyclic amines) is 1. The van der Waals surface area contributed by atoms with E-state index in [-0.39, 0.29) is 43.0 Å². The topological polar surface area (TPSA) is 90.3 Å². The van der Waals surface area contributed by atoms with Crippen molar-refractivity contribution in [3.63, 3.8) is 0 Å². The van der Waals surface area contributed by atoms with E-state index < -0.39 is 0 Å². The van der Waals surface area contributed by atoms with E-state index in [4.69, 9.17) is 5.26 Å². The van der Waals surface area contributed by atoms with E-state index in [2.05, 4.69) is 5.32 Å². The minimum Gasteiger partial charge on any atom is -0.325 e. The molecule has 3 amide bonds. The Kier molecular flexibility index (Phi) is 4.33. The van der Waals surface area contributed by atoms with Crippen molar-refractivity contribution in [2.45, 2.75) is 19.8 Å². The number of para-hydroxylation sites is 1. The second kappa shape index (κ2) is 6.18. The first-order valence-electron chi connectivity index (χ1n) is 6.66. The number of carbonyl (C=O) groups is 3. The number of imide groups is 1. The standard InChI is InChI=1S/C15H15N3O3/c1-10-8-14(20)18(15(10)21)7-6-13(19)17-12-5-3-2-4-11(12)9-16/h2-5,10H,6-8H2,1H3,(H,17,19). The van der Waals surface area contributed by atoms with E-state index >= 15 is 0 Å². The summed E-state index contributed by atoms with van der Waals surface area (Å²) in [6.45, 7) is 1.77. The molecule has 2 rings (SSSR count). The Bertz CT molecular complexity index is 633. The Balaban J connectivity index is 1.93. The molecule has 1 N–H and O–H groups in total. The maximum absolute atomic E-state index is 11.9. The van der Waals surface area contributed by atoms with Crippen LogP contribution in [0.5, 0.6) is 0 Å². The highest BCUT2D eigenvalue weighted by atomic mass is 16.2. The van der Waals surface area contributed by atoms with Crippen molar-refractivity contribution < 1.29 is 14.4 Å². The summed E-state index contributed by atoms with van der Waals surface area (Å²) in [6, 6.07) is 8.64. The van der Waals surface area contributed by atoms with E-state index in [1.807, 2.05) is 6.07 Å². The third-order valence-corrected chi connectivity index (χ3v) is 3.35. The molecule has 0 aromatic heterocycles. The van der Waals surface area contributed by atoms with Crippen LogP contribution in [0.2, 0.25) is 0 Å². The van der Waals surface area contributed by atoms with Crippen molar-refractivity contribution in [3.05, 3.63) is 29.8 Å². The molecular formula is C15H15N3O3. The van der Waals surface area contributed by atoms with Gasteiger partial charge in [-0.25, -0.2) is 0 Å². The number of nitrogens with one attached hydrogen (secondary N) is 1. The molecular weight excluding hydrogens is 270 g/mol.